The molecule has 9 heteroatoms. The fourth-order valence-corrected chi connectivity index (χ4v) is 4.13. The van der Waals surface area contributed by atoms with Crippen molar-refractivity contribution in [3.8, 4) is 11.5 Å². The van der Waals surface area contributed by atoms with Crippen LogP contribution in [-0.4, -0.2) is 44.3 Å². The number of benzene rings is 3. The van der Waals surface area contributed by atoms with Crippen molar-refractivity contribution < 1.29 is 19.1 Å². The fraction of sp³-hybridized carbons (Fsp3) is 0.258. The molecule has 0 heterocycles. The highest BCUT2D eigenvalue weighted by atomic mass is 35.5. The van der Waals surface area contributed by atoms with E-state index in [2.05, 4.69) is 34.6 Å². The zero-order valence-electron chi connectivity index (χ0n) is 23.2. The Bertz CT molecular complexity index is 1350. The molecule has 0 bridgehead atoms. The predicted octanol–water partition coefficient (Wildman–Crippen LogP) is 5.90. The lowest BCUT2D eigenvalue weighted by Gasteiger charge is -2.21. The number of carbonyl (C=O) groups excluding carboxylic acids is 2. The van der Waals surface area contributed by atoms with E-state index in [1.165, 1.54) is 6.21 Å². The second-order valence-corrected chi connectivity index (χ2v) is 8.93. The van der Waals surface area contributed by atoms with Gasteiger partial charge in [-0.05, 0) is 87.4 Å². The number of ether oxygens (including phenoxy) is 2. The predicted molar refractivity (Wildman–Crippen MR) is 161 cm³/mol. The minimum atomic E-state index is -0.597. The SMILES string of the molecule is CCOc1ccc(/C=N/NC(=O)/C(=C\c2ccc(N(CC)CC)cc2)NC(=O)c2ccccc2Cl)cc1OCC. The topological polar surface area (TPSA) is 92.3 Å². The van der Waals surface area contributed by atoms with Crippen LogP contribution in [0.5, 0.6) is 11.5 Å². The van der Waals surface area contributed by atoms with E-state index in [9.17, 15) is 9.59 Å². The normalized spacial score (nSPS) is 11.3. The van der Waals surface area contributed by atoms with Crippen molar-refractivity contribution in [3.05, 3.63) is 94.1 Å². The molecule has 0 saturated heterocycles. The number of hydrazone groups is 1. The average molecular weight is 563 g/mol. The van der Waals surface area contributed by atoms with Gasteiger partial charge >= 0.3 is 0 Å². The van der Waals surface area contributed by atoms with Crippen LogP contribution in [-0.2, 0) is 4.79 Å². The number of amides is 2. The van der Waals surface area contributed by atoms with Crippen molar-refractivity contribution in [2.75, 3.05) is 31.2 Å². The van der Waals surface area contributed by atoms with Crippen LogP contribution in [0, 0.1) is 0 Å². The Hall–Kier alpha value is -4.30. The highest BCUT2D eigenvalue weighted by molar-refractivity contribution is 6.34. The van der Waals surface area contributed by atoms with E-state index in [1.807, 2.05) is 38.1 Å². The van der Waals surface area contributed by atoms with E-state index in [0.717, 1.165) is 24.3 Å². The molecule has 2 amide bonds. The van der Waals surface area contributed by atoms with E-state index >= 15 is 0 Å². The molecule has 0 aliphatic heterocycles. The van der Waals surface area contributed by atoms with Crippen LogP contribution in [0.15, 0.2) is 77.5 Å². The molecule has 0 atom stereocenters. The first-order valence-corrected chi connectivity index (χ1v) is 13.6. The summed E-state index contributed by atoms with van der Waals surface area (Å²) in [5.74, 6) is 0.106. The molecule has 8 nitrogen and oxygen atoms in total. The number of anilines is 1. The van der Waals surface area contributed by atoms with E-state index in [-0.39, 0.29) is 16.3 Å². The maximum Gasteiger partial charge on any atom is 0.287 e. The lowest BCUT2D eigenvalue weighted by Crippen LogP contribution is -2.33. The van der Waals surface area contributed by atoms with Gasteiger partial charge in [0.2, 0.25) is 0 Å². The Morgan fingerprint density at radius 2 is 1.52 bits per heavy atom. The molecule has 3 aromatic rings. The first-order valence-electron chi connectivity index (χ1n) is 13.3. The van der Waals surface area contributed by atoms with Crippen LogP contribution >= 0.6 is 11.6 Å². The molecular formula is C31H35ClN4O4. The van der Waals surface area contributed by atoms with Gasteiger partial charge in [-0.1, -0.05) is 35.9 Å². The summed E-state index contributed by atoms with van der Waals surface area (Å²) in [6.07, 6.45) is 3.08. The number of nitrogens with one attached hydrogen (secondary N) is 2. The Morgan fingerprint density at radius 3 is 2.17 bits per heavy atom. The molecule has 40 heavy (non-hydrogen) atoms. The highest BCUT2D eigenvalue weighted by Gasteiger charge is 2.16. The van der Waals surface area contributed by atoms with E-state index in [1.54, 1.807) is 48.5 Å². The van der Waals surface area contributed by atoms with Crippen molar-refractivity contribution in [1.29, 1.82) is 0 Å². The molecule has 0 saturated carbocycles. The third kappa shape index (κ3) is 8.35. The summed E-state index contributed by atoms with van der Waals surface area (Å²) < 4.78 is 11.2. The van der Waals surface area contributed by atoms with Crippen molar-refractivity contribution in [2.45, 2.75) is 27.7 Å². The number of nitrogens with zero attached hydrogens (tertiary/aromatic N) is 2. The summed E-state index contributed by atoms with van der Waals surface area (Å²) in [6, 6.07) is 19.7. The zero-order valence-corrected chi connectivity index (χ0v) is 24.0. The molecule has 0 radical (unpaired) electrons. The summed E-state index contributed by atoms with van der Waals surface area (Å²) in [4.78, 5) is 28.4. The van der Waals surface area contributed by atoms with Gasteiger partial charge in [0.25, 0.3) is 11.8 Å². The van der Waals surface area contributed by atoms with Crippen molar-refractivity contribution in [3.63, 3.8) is 0 Å². The summed E-state index contributed by atoms with van der Waals surface area (Å²) in [6.45, 7) is 10.7. The van der Waals surface area contributed by atoms with Crippen molar-refractivity contribution in [2.24, 2.45) is 5.10 Å². The van der Waals surface area contributed by atoms with Crippen LogP contribution < -0.4 is 25.1 Å². The quantitative estimate of drug-likeness (QED) is 0.154. The molecule has 3 rings (SSSR count). The Balaban J connectivity index is 1.84. The van der Waals surface area contributed by atoms with Crippen LogP contribution in [0.2, 0.25) is 5.02 Å². The van der Waals surface area contributed by atoms with Gasteiger partial charge in [0, 0.05) is 18.8 Å². The van der Waals surface area contributed by atoms with E-state index in [4.69, 9.17) is 21.1 Å². The monoisotopic (exact) mass is 562 g/mol. The third-order valence-corrected chi connectivity index (χ3v) is 6.22. The molecule has 0 aromatic heterocycles. The van der Waals surface area contributed by atoms with Gasteiger partial charge in [0.05, 0.1) is 30.0 Å². The fourth-order valence-electron chi connectivity index (χ4n) is 3.90. The summed E-state index contributed by atoms with van der Waals surface area (Å²) >= 11 is 6.21. The van der Waals surface area contributed by atoms with Gasteiger partial charge in [0.15, 0.2) is 11.5 Å². The first kappa shape index (κ1) is 30.2. The molecular weight excluding hydrogens is 528 g/mol. The van der Waals surface area contributed by atoms with Gasteiger partial charge in [-0.2, -0.15) is 5.10 Å². The van der Waals surface area contributed by atoms with Crippen LogP contribution in [0.4, 0.5) is 5.69 Å². The molecule has 210 valence electrons. The van der Waals surface area contributed by atoms with Gasteiger partial charge in [0.1, 0.15) is 5.70 Å². The standard InChI is InChI=1S/C31H35ClN4O4/c1-5-36(6-2)24-16-13-22(14-17-24)19-27(34-30(37)25-11-9-10-12-26(25)32)31(38)35-33-21-23-15-18-28(39-7-3)29(20-23)40-8-4/h9-21H,5-8H2,1-4H3,(H,34,37)(H,35,38)/b27-19+,33-21+. The maximum atomic E-state index is 13.2. The lowest BCUT2D eigenvalue weighted by molar-refractivity contribution is -0.117. The van der Waals surface area contributed by atoms with E-state index in [0.29, 0.717) is 30.3 Å². The van der Waals surface area contributed by atoms with E-state index < -0.39 is 11.8 Å². The number of halogens is 1. The lowest BCUT2D eigenvalue weighted by atomic mass is 10.1. The number of carbonyl (C=O) groups is 2. The Labute approximate surface area is 240 Å². The van der Waals surface area contributed by atoms with Gasteiger partial charge in [-0.25, -0.2) is 5.43 Å². The minimum absolute atomic E-state index is 0.0133. The van der Waals surface area contributed by atoms with Crippen molar-refractivity contribution >= 4 is 41.4 Å². The highest BCUT2D eigenvalue weighted by Crippen LogP contribution is 2.28. The molecule has 3 aromatic carbocycles. The van der Waals surface area contributed by atoms with Gasteiger partial charge in [-0.3, -0.25) is 9.59 Å². The van der Waals surface area contributed by atoms with Gasteiger partial charge in [-0.15, -0.1) is 0 Å². The summed E-state index contributed by atoms with van der Waals surface area (Å²) in [5.41, 5.74) is 5.26. The smallest absolute Gasteiger partial charge is 0.287 e. The summed E-state index contributed by atoms with van der Waals surface area (Å²) in [7, 11) is 0. The molecule has 0 spiro atoms. The second-order valence-electron chi connectivity index (χ2n) is 8.53. The number of rotatable bonds is 13. The molecule has 0 unspecified atom stereocenters. The molecule has 0 aliphatic rings. The maximum absolute atomic E-state index is 13.2. The van der Waals surface area contributed by atoms with Crippen LogP contribution in [0.3, 0.4) is 0 Å². The van der Waals surface area contributed by atoms with Gasteiger partial charge < -0.3 is 19.7 Å². The minimum Gasteiger partial charge on any atom is -0.490 e. The van der Waals surface area contributed by atoms with Crippen LogP contribution in [0.25, 0.3) is 6.08 Å². The number of hydrogen-bond donors (Lipinski definition) is 2. The van der Waals surface area contributed by atoms with Crippen molar-refractivity contribution in [1.82, 2.24) is 10.7 Å². The van der Waals surface area contributed by atoms with Crippen LogP contribution in [0.1, 0.15) is 49.2 Å². The summed E-state index contributed by atoms with van der Waals surface area (Å²) in [5, 5.41) is 7.05. The molecule has 0 fully saturated rings. The first-order chi connectivity index (χ1) is 19.4. The Kier molecular flexibility index (Phi) is 11.6. The average Bonchev–Trinajstić information content (AvgIpc) is 2.96. The third-order valence-electron chi connectivity index (χ3n) is 5.89. The Morgan fingerprint density at radius 1 is 0.875 bits per heavy atom. The zero-order chi connectivity index (χ0) is 28.9. The second kappa shape index (κ2) is 15.3. The largest absolute Gasteiger partial charge is 0.490 e. The molecule has 0 aliphatic carbocycles. The number of hydrogen-bond acceptors (Lipinski definition) is 6. The molecule has 2 N–H and O–H groups in total.